The zero-order valence-corrected chi connectivity index (χ0v) is 24.7. The molecule has 4 rings (SSSR count). The molecular formula is C32H30N2O8S. The van der Waals surface area contributed by atoms with Crippen molar-refractivity contribution in [3.05, 3.63) is 108 Å². The molecule has 43 heavy (non-hydrogen) atoms. The lowest BCUT2D eigenvalue weighted by Crippen LogP contribution is -2.14. The van der Waals surface area contributed by atoms with Gasteiger partial charge in [0.1, 0.15) is 16.4 Å². The van der Waals surface area contributed by atoms with Crippen molar-refractivity contribution in [2.45, 2.75) is 11.8 Å². The molecule has 4 aromatic carbocycles. The van der Waals surface area contributed by atoms with Gasteiger partial charge in [0, 0.05) is 23.8 Å². The summed E-state index contributed by atoms with van der Waals surface area (Å²) in [6.45, 7) is 1.85. The topological polar surface area (TPSA) is 129 Å². The average Bonchev–Trinajstić information content (AvgIpc) is 3.01. The second-order valence-electron chi connectivity index (χ2n) is 9.16. The molecule has 0 aromatic heterocycles. The number of rotatable bonds is 11. The van der Waals surface area contributed by atoms with Gasteiger partial charge in [-0.1, -0.05) is 42.0 Å². The molecule has 11 heteroatoms. The molecule has 10 nitrogen and oxygen atoms in total. The van der Waals surface area contributed by atoms with E-state index < -0.39 is 16.0 Å². The molecule has 0 bridgehead atoms. The van der Waals surface area contributed by atoms with E-state index in [1.807, 2.05) is 13.0 Å². The summed E-state index contributed by atoms with van der Waals surface area (Å²) in [5.41, 5.74) is 2.61. The molecule has 0 fully saturated rings. The van der Waals surface area contributed by atoms with Crippen LogP contribution < -0.4 is 29.0 Å². The molecule has 0 saturated carbocycles. The van der Waals surface area contributed by atoms with Crippen LogP contribution in [0, 0.1) is 6.92 Å². The summed E-state index contributed by atoms with van der Waals surface area (Å²) in [7, 11) is 0.180. The van der Waals surface area contributed by atoms with Gasteiger partial charge < -0.3 is 29.0 Å². The minimum Gasteiger partial charge on any atom is -0.494 e. The largest absolute Gasteiger partial charge is 0.494 e. The summed E-state index contributed by atoms with van der Waals surface area (Å²) in [6.07, 6.45) is 2.81. The van der Waals surface area contributed by atoms with Crippen LogP contribution in [0.25, 0.3) is 6.08 Å². The normalized spacial score (nSPS) is 11.1. The molecule has 0 aliphatic carbocycles. The number of aryl methyl sites for hydroxylation is 1. The van der Waals surface area contributed by atoms with E-state index in [2.05, 4.69) is 10.6 Å². The lowest BCUT2D eigenvalue weighted by atomic mass is 10.1. The molecule has 0 unspecified atom stereocenters. The van der Waals surface area contributed by atoms with Crippen molar-refractivity contribution in [3.8, 4) is 23.0 Å². The number of nitrogens with one attached hydrogen (secondary N) is 2. The summed E-state index contributed by atoms with van der Waals surface area (Å²) in [5.74, 6) is -0.0455. The van der Waals surface area contributed by atoms with E-state index in [-0.39, 0.29) is 22.3 Å². The third-order valence-corrected chi connectivity index (χ3v) is 7.44. The Morgan fingerprint density at radius 3 is 1.91 bits per heavy atom. The Labute approximate surface area is 250 Å². The molecule has 0 saturated heterocycles. The fraction of sp³-hybridized carbons (Fsp3) is 0.125. The number of benzene rings is 4. The van der Waals surface area contributed by atoms with Crippen LogP contribution >= 0.6 is 0 Å². The minimum absolute atomic E-state index is 0.000882. The molecule has 0 spiro atoms. The smallest absolute Gasteiger partial charge is 0.339 e. The third-order valence-electron chi connectivity index (χ3n) is 6.19. The Morgan fingerprint density at radius 2 is 1.30 bits per heavy atom. The van der Waals surface area contributed by atoms with Crippen LogP contribution in [0.15, 0.2) is 95.9 Å². The lowest BCUT2D eigenvalue weighted by Gasteiger charge is -2.16. The van der Waals surface area contributed by atoms with Crippen molar-refractivity contribution < 1.29 is 36.4 Å². The highest BCUT2D eigenvalue weighted by Gasteiger charge is 2.19. The Kier molecular flexibility index (Phi) is 9.68. The molecule has 0 atom stereocenters. The number of methoxy groups -OCH3 is 3. The number of carbonyl (C=O) groups excluding carboxylic acids is 2. The van der Waals surface area contributed by atoms with Crippen molar-refractivity contribution in [2.24, 2.45) is 0 Å². The maximum atomic E-state index is 12.8. The van der Waals surface area contributed by atoms with Crippen LogP contribution in [0.1, 0.15) is 21.5 Å². The Morgan fingerprint density at radius 1 is 0.698 bits per heavy atom. The molecule has 0 aliphatic rings. The first-order valence-electron chi connectivity index (χ1n) is 12.9. The van der Waals surface area contributed by atoms with Gasteiger partial charge in [0.25, 0.3) is 5.91 Å². The zero-order valence-electron chi connectivity index (χ0n) is 23.9. The highest BCUT2D eigenvalue weighted by molar-refractivity contribution is 7.87. The van der Waals surface area contributed by atoms with Crippen molar-refractivity contribution in [1.82, 2.24) is 0 Å². The van der Waals surface area contributed by atoms with Gasteiger partial charge in [0.05, 0.1) is 32.7 Å². The first-order chi connectivity index (χ1) is 20.6. The van der Waals surface area contributed by atoms with Gasteiger partial charge >= 0.3 is 10.1 Å². The van der Waals surface area contributed by atoms with Gasteiger partial charge in [-0.3, -0.25) is 9.59 Å². The summed E-state index contributed by atoms with van der Waals surface area (Å²) < 4.78 is 46.9. The van der Waals surface area contributed by atoms with Crippen LogP contribution in [0.3, 0.4) is 0 Å². The van der Waals surface area contributed by atoms with E-state index >= 15 is 0 Å². The summed E-state index contributed by atoms with van der Waals surface area (Å²) in [6, 6.07) is 22.6. The number of carbonyl (C=O) groups is 2. The predicted octanol–water partition coefficient (Wildman–Crippen LogP) is 5.69. The van der Waals surface area contributed by atoms with E-state index in [0.29, 0.717) is 34.0 Å². The first kappa shape index (κ1) is 30.7. The lowest BCUT2D eigenvalue weighted by molar-refractivity contribution is -0.111. The van der Waals surface area contributed by atoms with E-state index in [0.717, 1.165) is 5.56 Å². The second-order valence-corrected chi connectivity index (χ2v) is 10.7. The van der Waals surface area contributed by atoms with Gasteiger partial charge in [0.2, 0.25) is 5.91 Å². The number of ether oxygens (including phenoxy) is 3. The van der Waals surface area contributed by atoms with Crippen LogP contribution in [0.4, 0.5) is 11.4 Å². The average molecular weight is 603 g/mol. The van der Waals surface area contributed by atoms with Gasteiger partial charge in [-0.25, -0.2) is 0 Å². The first-order valence-corrected chi connectivity index (χ1v) is 14.3. The highest BCUT2D eigenvalue weighted by atomic mass is 32.2. The molecule has 0 aliphatic heterocycles. The minimum atomic E-state index is -4.08. The zero-order chi connectivity index (χ0) is 31.0. The Balaban J connectivity index is 1.48. The molecule has 2 N–H and O–H groups in total. The van der Waals surface area contributed by atoms with Crippen molar-refractivity contribution in [1.29, 1.82) is 0 Å². The summed E-state index contributed by atoms with van der Waals surface area (Å²) in [5, 5.41) is 5.52. The van der Waals surface area contributed by atoms with Crippen LogP contribution in [0.5, 0.6) is 23.0 Å². The maximum absolute atomic E-state index is 12.8. The fourth-order valence-corrected chi connectivity index (χ4v) is 4.89. The van der Waals surface area contributed by atoms with E-state index in [1.54, 1.807) is 48.5 Å². The molecule has 2 amide bonds. The van der Waals surface area contributed by atoms with Crippen molar-refractivity contribution in [3.63, 3.8) is 0 Å². The Hall–Kier alpha value is -5.29. The molecule has 0 radical (unpaired) electrons. The van der Waals surface area contributed by atoms with Crippen LogP contribution in [-0.4, -0.2) is 41.6 Å². The van der Waals surface area contributed by atoms with Crippen LogP contribution in [-0.2, 0) is 14.9 Å². The quantitative estimate of drug-likeness (QED) is 0.165. The van der Waals surface area contributed by atoms with Gasteiger partial charge in [-0.05, 0) is 55.0 Å². The van der Waals surface area contributed by atoms with Crippen molar-refractivity contribution in [2.75, 3.05) is 32.0 Å². The SMILES string of the molecule is COc1cc(NC(=O)c2ccccc2)c(OC)cc1NC(=O)/C=C/c1ccc(OS(=O)(=O)c2ccc(C)cc2)c(OC)c1. The van der Waals surface area contributed by atoms with E-state index in [9.17, 15) is 18.0 Å². The number of hydrogen-bond acceptors (Lipinski definition) is 8. The molecule has 0 heterocycles. The number of anilines is 2. The second kappa shape index (κ2) is 13.6. The summed E-state index contributed by atoms with van der Waals surface area (Å²) >= 11 is 0. The van der Waals surface area contributed by atoms with Gasteiger partial charge in [-0.15, -0.1) is 0 Å². The maximum Gasteiger partial charge on any atom is 0.339 e. The molecule has 4 aromatic rings. The molecule has 222 valence electrons. The van der Waals surface area contributed by atoms with Gasteiger partial charge in [-0.2, -0.15) is 8.42 Å². The van der Waals surface area contributed by atoms with Gasteiger partial charge in [0.15, 0.2) is 11.5 Å². The van der Waals surface area contributed by atoms with E-state index in [4.69, 9.17) is 18.4 Å². The highest BCUT2D eigenvalue weighted by Crippen LogP contribution is 2.37. The van der Waals surface area contributed by atoms with Crippen LogP contribution in [0.2, 0.25) is 0 Å². The monoisotopic (exact) mass is 602 g/mol. The van der Waals surface area contributed by atoms with E-state index in [1.165, 1.54) is 63.8 Å². The predicted molar refractivity (Wildman–Crippen MR) is 164 cm³/mol. The number of hydrogen-bond donors (Lipinski definition) is 2. The summed E-state index contributed by atoms with van der Waals surface area (Å²) in [4.78, 5) is 25.4. The fourth-order valence-electron chi connectivity index (χ4n) is 3.95. The Bertz CT molecular complexity index is 1750. The number of amides is 2. The standard InChI is InChI=1S/C32H30N2O8S/c1-21-10-14-24(15-11-21)43(37,38)42-27-16-12-22(18-30(27)41-4)13-17-31(35)33-25-19-29(40-3)26(20-28(25)39-2)34-32(36)23-8-6-5-7-9-23/h5-20H,1-4H3,(H,33,35)(H,34,36)/b17-13+. The molecular weight excluding hydrogens is 572 g/mol. The third kappa shape index (κ3) is 7.72. The van der Waals surface area contributed by atoms with Crippen molar-refractivity contribution >= 4 is 39.4 Å².